The van der Waals surface area contributed by atoms with Crippen LogP contribution in [-0.4, -0.2) is 90.7 Å². The number of hydrogen-bond donors (Lipinski definition) is 1. The van der Waals surface area contributed by atoms with Crippen molar-refractivity contribution in [2.75, 3.05) is 40.3 Å². The van der Waals surface area contributed by atoms with E-state index in [1.54, 1.807) is 16.8 Å². The lowest BCUT2D eigenvalue weighted by molar-refractivity contribution is -0.127. The molecule has 1 unspecified atom stereocenters. The topological polar surface area (TPSA) is 114 Å². The number of piperidine rings is 1. The molecule has 11 nitrogen and oxygen atoms in total. The molecule has 5 heterocycles. The number of aromatic nitrogens is 6. The first-order valence-corrected chi connectivity index (χ1v) is 15.2. The molecule has 45 heavy (non-hydrogen) atoms. The van der Waals surface area contributed by atoms with Gasteiger partial charge in [0.2, 0.25) is 5.91 Å². The molecule has 1 aliphatic carbocycles. The minimum Gasteiger partial charge on any atom is -0.479 e. The molecule has 0 aromatic carbocycles. The number of halogens is 1. The fourth-order valence-corrected chi connectivity index (χ4v) is 5.48. The molecule has 0 spiro atoms. The highest BCUT2D eigenvalue weighted by molar-refractivity contribution is 5.87. The smallest absolute Gasteiger partial charge is 0.246 e. The van der Waals surface area contributed by atoms with Crippen molar-refractivity contribution in [2.45, 2.75) is 44.8 Å². The van der Waals surface area contributed by atoms with Gasteiger partial charge in [-0.05, 0) is 64.9 Å². The number of likely N-dealkylation sites (N-methyl/N-ethyl adjacent to an activating group) is 1. The highest BCUT2D eigenvalue weighted by Crippen LogP contribution is 2.35. The van der Waals surface area contributed by atoms with E-state index in [0.717, 1.165) is 49.7 Å². The zero-order valence-corrected chi connectivity index (χ0v) is 25.7. The zero-order valence-electron chi connectivity index (χ0n) is 25.7. The van der Waals surface area contributed by atoms with Gasteiger partial charge in [-0.25, -0.2) is 13.6 Å². The third-order valence-corrected chi connectivity index (χ3v) is 8.13. The van der Waals surface area contributed by atoms with Gasteiger partial charge in [0.25, 0.3) is 0 Å². The molecule has 2 fully saturated rings. The number of amides is 1. The summed E-state index contributed by atoms with van der Waals surface area (Å²) < 4.78 is 23.6. The molecule has 1 amide bonds. The fourth-order valence-electron chi connectivity index (χ4n) is 5.48. The summed E-state index contributed by atoms with van der Waals surface area (Å²) >= 11 is 0. The summed E-state index contributed by atoms with van der Waals surface area (Å²) in [5, 5.41) is 23.9. The summed E-state index contributed by atoms with van der Waals surface area (Å²) in [6, 6.07) is 4.75. The number of aliphatic hydroxyl groups is 1. The van der Waals surface area contributed by atoms with E-state index in [1.807, 2.05) is 53.8 Å². The molecule has 1 saturated heterocycles. The molecule has 2 aliphatic rings. The van der Waals surface area contributed by atoms with Crippen LogP contribution in [0.3, 0.4) is 0 Å². The first-order chi connectivity index (χ1) is 21.8. The molecular weight excluding hydrogens is 575 g/mol. The van der Waals surface area contributed by atoms with Gasteiger partial charge in [0, 0.05) is 43.4 Å². The van der Waals surface area contributed by atoms with Crippen molar-refractivity contribution in [1.29, 1.82) is 0 Å². The Bertz CT molecular complexity index is 1760. The van der Waals surface area contributed by atoms with Crippen LogP contribution in [-0.2, 0) is 4.79 Å². The zero-order chi connectivity index (χ0) is 31.5. The fraction of sp³-hybridized carbons (Fsp3) is 0.424. The first-order valence-electron chi connectivity index (χ1n) is 15.2. The van der Waals surface area contributed by atoms with Crippen LogP contribution in [0, 0.1) is 30.5 Å². The van der Waals surface area contributed by atoms with Crippen molar-refractivity contribution < 1.29 is 19.0 Å². The van der Waals surface area contributed by atoms with Crippen LogP contribution in [0.2, 0.25) is 0 Å². The lowest BCUT2D eigenvalue weighted by Crippen LogP contribution is -2.38. The number of ether oxygens (including phenoxy) is 1. The molecule has 6 rings (SSSR count). The highest BCUT2D eigenvalue weighted by atomic mass is 19.1. The molecule has 1 aliphatic heterocycles. The molecule has 234 valence electrons. The van der Waals surface area contributed by atoms with Crippen LogP contribution in [0.15, 0.2) is 48.9 Å². The quantitative estimate of drug-likeness (QED) is 0.225. The van der Waals surface area contributed by atoms with Crippen molar-refractivity contribution in [3.8, 4) is 28.8 Å². The largest absolute Gasteiger partial charge is 0.479 e. The molecule has 0 radical (unpaired) electrons. The highest BCUT2D eigenvalue weighted by Gasteiger charge is 2.27. The van der Waals surface area contributed by atoms with Gasteiger partial charge < -0.3 is 19.6 Å². The van der Waals surface area contributed by atoms with Gasteiger partial charge in [-0.1, -0.05) is 23.1 Å². The molecule has 12 heteroatoms. The van der Waals surface area contributed by atoms with Crippen molar-refractivity contribution in [2.24, 2.45) is 5.92 Å². The number of likely N-dealkylation sites (tertiary alicyclic amines) is 1. The van der Waals surface area contributed by atoms with Gasteiger partial charge in [-0.15, -0.1) is 5.10 Å². The lowest BCUT2D eigenvalue weighted by atomic mass is 10.0. The van der Waals surface area contributed by atoms with E-state index in [2.05, 4.69) is 32.2 Å². The molecule has 4 aromatic rings. The Morgan fingerprint density at radius 2 is 2.02 bits per heavy atom. The minimum atomic E-state index is -0.841. The Labute approximate surface area is 261 Å². The number of fused-ring (bicyclic) bond motifs is 1. The maximum absolute atomic E-state index is 13.6. The Morgan fingerprint density at radius 1 is 1.22 bits per heavy atom. The van der Waals surface area contributed by atoms with Crippen molar-refractivity contribution in [1.82, 2.24) is 39.4 Å². The van der Waals surface area contributed by atoms with Gasteiger partial charge in [0.1, 0.15) is 22.8 Å². The van der Waals surface area contributed by atoms with Crippen LogP contribution in [0.1, 0.15) is 54.8 Å². The summed E-state index contributed by atoms with van der Waals surface area (Å²) in [5.74, 6) is 6.94. The van der Waals surface area contributed by atoms with Gasteiger partial charge in [-0.2, -0.15) is 5.10 Å². The summed E-state index contributed by atoms with van der Waals surface area (Å²) in [7, 11) is 3.94. The monoisotopic (exact) mass is 612 g/mol. The van der Waals surface area contributed by atoms with Gasteiger partial charge in [-0.3, -0.25) is 9.78 Å². The predicted octanol–water partition coefficient (Wildman–Crippen LogP) is 3.59. The van der Waals surface area contributed by atoms with E-state index in [4.69, 9.17) is 4.74 Å². The predicted molar refractivity (Wildman–Crippen MR) is 166 cm³/mol. The molecule has 0 bridgehead atoms. The van der Waals surface area contributed by atoms with E-state index >= 15 is 0 Å². The van der Waals surface area contributed by atoms with E-state index in [-0.39, 0.29) is 18.6 Å². The molecule has 1 N–H and O–H groups in total. The Morgan fingerprint density at radius 3 is 2.71 bits per heavy atom. The standard InChI is InChI=1S/C33H37FN8O3/c1-22-32(37-38-42(22)27-12-15-40(16-13-27)31(44)5-4-14-39(2)3)25-17-29(45-30(21-43)28-11-10-26(34)19-35-28)33-24(9-8-23-6-7-23)18-36-41(33)20-25/h4-5,10-11,17-20,23,27,30,43H,6-7,12-16,21H2,1-3H3/b5-4+. The molecule has 4 aromatic heterocycles. The van der Waals surface area contributed by atoms with Crippen LogP contribution < -0.4 is 4.74 Å². The second kappa shape index (κ2) is 13.2. The first kappa shape index (κ1) is 30.4. The number of pyridine rings is 2. The average molecular weight is 613 g/mol. The Hall–Kier alpha value is -4.60. The third-order valence-electron chi connectivity index (χ3n) is 8.13. The normalized spacial score (nSPS) is 16.4. The number of nitrogens with zero attached hydrogens (tertiary/aromatic N) is 8. The number of carbonyl (C=O) groups excluding carboxylic acids is 1. The summed E-state index contributed by atoms with van der Waals surface area (Å²) in [6.07, 6.45) is 11.1. The van der Waals surface area contributed by atoms with Crippen LogP contribution in [0.4, 0.5) is 4.39 Å². The van der Waals surface area contributed by atoms with Gasteiger partial charge >= 0.3 is 0 Å². The van der Waals surface area contributed by atoms with E-state index in [9.17, 15) is 14.3 Å². The van der Waals surface area contributed by atoms with E-state index in [0.29, 0.717) is 47.2 Å². The van der Waals surface area contributed by atoms with Crippen molar-refractivity contribution in [3.63, 3.8) is 0 Å². The average Bonchev–Trinajstić information content (AvgIpc) is 3.66. The van der Waals surface area contributed by atoms with Crippen LogP contribution in [0.25, 0.3) is 16.8 Å². The van der Waals surface area contributed by atoms with Crippen LogP contribution in [0.5, 0.6) is 5.75 Å². The second-order valence-corrected chi connectivity index (χ2v) is 11.9. The van der Waals surface area contributed by atoms with Gasteiger partial charge in [0.05, 0.1) is 42.0 Å². The SMILES string of the molecule is Cc1c(-c2cc(OC(CO)c3ccc(F)cn3)c3c(C#CC4CC4)cnn3c2)nnn1C1CCN(C(=O)/C=C/CN(C)C)CC1. The Kier molecular flexibility index (Phi) is 8.91. The third kappa shape index (κ3) is 6.90. The Balaban J connectivity index is 1.27. The summed E-state index contributed by atoms with van der Waals surface area (Å²) in [5.41, 5.74) is 4.06. The van der Waals surface area contributed by atoms with Crippen molar-refractivity contribution in [3.05, 3.63) is 71.7 Å². The summed E-state index contributed by atoms with van der Waals surface area (Å²) in [4.78, 5) is 20.6. The maximum Gasteiger partial charge on any atom is 0.246 e. The summed E-state index contributed by atoms with van der Waals surface area (Å²) in [6.45, 7) is 3.63. The van der Waals surface area contributed by atoms with E-state index < -0.39 is 11.9 Å². The molecule has 1 atom stereocenters. The van der Waals surface area contributed by atoms with Crippen LogP contribution >= 0.6 is 0 Å². The number of rotatable bonds is 9. The van der Waals surface area contributed by atoms with Gasteiger partial charge in [0.15, 0.2) is 6.10 Å². The molecule has 1 saturated carbocycles. The number of hydrogen-bond acceptors (Lipinski definition) is 8. The van der Waals surface area contributed by atoms with Crippen molar-refractivity contribution >= 4 is 11.4 Å². The number of aliphatic hydroxyl groups excluding tert-OH is 1. The minimum absolute atomic E-state index is 0.0320. The second-order valence-electron chi connectivity index (χ2n) is 11.9. The lowest BCUT2D eigenvalue weighted by Gasteiger charge is -2.31. The van der Waals surface area contributed by atoms with E-state index in [1.165, 1.54) is 12.1 Å². The maximum atomic E-state index is 13.6. The molecular formula is C33H37FN8O3. The number of carbonyl (C=O) groups is 1.